The number of hydrogen-bond donors (Lipinski definition) is 1. The van der Waals surface area contributed by atoms with Gasteiger partial charge >= 0.3 is 0 Å². The topological polar surface area (TPSA) is 38.3 Å². The van der Waals surface area contributed by atoms with E-state index in [1.165, 1.54) is 5.56 Å². The minimum atomic E-state index is -0.713. The molecule has 0 saturated heterocycles. The van der Waals surface area contributed by atoms with E-state index in [-0.39, 0.29) is 6.10 Å². The second-order valence-corrected chi connectivity index (χ2v) is 7.06. The number of benzene rings is 1. The number of rotatable bonds is 6. The van der Waals surface area contributed by atoms with Gasteiger partial charge < -0.3 is 10.1 Å². The molecule has 5 heteroatoms. The maximum atomic E-state index is 11.0. The van der Waals surface area contributed by atoms with Crippen LogP contribution in [0.3, 0.4) is 0 Å². The van der Waals surface area contributed by atoms with Crippen molar-refractivity contribution in [2.24, 2.45) is 0 Å². The van der Waals surface area contributed by atoms with E-state index in [1.54, 1.807) is 6.26 Å². The van der Waals surface area contributed by atoms with E-state index in [9.17, 15) is 4.21 Å². The summed E-state index contributed by atoms with van der Waals surface area (Å²) in [7, 11) is -0.713. The highest BCUT2D eigenvalue weighted by molar-refractivity contribution is 7.84. The first kappa shape index (κ1) is 14.8. The van der Waals surface area contributed by atoms with E-state index in [1.807, 2.05) is 18.2 Å². The molecule has 0 amide bonds. The fourth-order valence-electron chi connectivity index (χ4n) is 2.18. The van der Waals surface area contributed by atoms with E-state index < -0.39 is 10.8 Å². The van der Waals surface area contributed by atoms with Crippen LogP contribution in [-0.2, 0) is 17.2 Å². The van der Waals surface area contributed by atoms with Crippen molar-refractivity contribution in [2.75, 3.05) is 18.6 Å². The lowest BCUT2D eigenvalue weighted by atomic mass is 10.1. The van der Waals surface area contributed by atoms with Crippen LogP contribution in [0.2, 0.25) is 5.02 Å². The van der Waals surface area contributed by atoms with Gasteiger partial charge in [-0.15, -0.1) is 0 Å². The normalized spacial score (nSPS) is 20.7. The average molecular weight is 302 g/mol. The van der Waals surface area contributed by atoms with Gasteiger partial charge in [-0.3, -0.25) is 4.21 Å². The Balaban J connectivity index is 1.76. The lowest BCUT2D eigenvalue weighted by Gasteiger charge is -2.16. The van der Waals surface area contributed by atoms with Crippen LogP contribution in [0.1, 0.15) is 18.9 Å². The third-order valence-electron chi connectivity index (χ3n) is 3.30. The third kappa shape index (κ3) is 4.48. The molecule has 1 aliphatic rings. The lowest BCUT2D eigenvalue weighted by Crippen LogP contribution is -2.36. The summed E-state index contributed by atoms with van der Waals surface area (Å²) >= 11 is 5.97. The molecule has 0 fully saturated rings. The maximum absolute atomic E-state index is 11.0. The van der Waals surface area contributed by atoms with Gasteiger partial charge in [0.05, 0.1) is 0 Å². The monoisotopic (exact) mass is 301 g/mol. The Morgan fingerprint density at radius 2 is 2.37 bits per heavy atom. The fraction of sp³-hybridized carbons (Fsp3) is 0.571. The van der Waals surface area contributed by atoms with Crippen molar-refractivity contribution in [1.29, 1.82) is 0 Å². The molecule has 0 bridgehead atoms. The average Bonchev–Trinajstić information content (AvgIpc) is 2.75. The highest BCUT2D eigenvalue weighted by atomic mass is 35.5. The quantitative estimate of drug-likeness (QED) is 0.877. The Hall–Kier alpha value is -0.580. The van der Waals surface area contributed by atoms with Gasteiger partial charge in [-0.25, -0.2) is 0 Å². The van der Waals surface area contributed by atoms with Gasteiger partial charge in [0.2, 0.25) is 0 Å². The predicted molar refractivity (Wildman–Crippen MR) is 80.6 cm³/mol. The minimum Gasteiger partial charge on any atom is -0.488 e. The zero-order valence-electron chi connectivity index (χ0n) is 11.3. The summed E-state index contributed by atoms with van der Waals surface area (Å²) in [5.41, 5.74) is 1.18. The Kier molecular flexibility index (Phi) is 5.25. The summed E-state index contributed by atoms with van der Waals surface area (Å²) in [5.74, 6) is 1.69. The number of ether oxygens (including phenoxy) is 1. The van der Waals surface area contributed by atoms with Crippen molar-refractivity contribution < 1.29 is 8.95 Å². The van der Waals surface area contributed by atoms with E-state index in [0.29, 0.717) is 6.04 Å². The Morgan fingerprint density at radius 1 is 1.58 bits per heavy atom. The molecule has 0 aromatic heterocycles. The van der Waals surface area contributed by atoms with Crippen molar-refractivity contribution in [3.63, 3.8) is 0 Å². The van der Waals surface area contributed by atoms with Crippen LogP contribution < -0.4 is 10.1 Å². The summed E-state index contributed by atoms with van der Waals surface area (Å²) in [5, 5.41) is 4.20. The fourth-order valence-corrected chi connectivity index (χ4v) is 3.06. The highest BCUT2D eigenvalue weighted by Crippen LogP contribution is 2.30. The van der Waals surface area contributed by atoms with Gasteiger partial charge in [0.15, 0.2) is 0 Å². The third-order valence-corrected chi connectivity index (χ3v) is 4.34. The molecule has 1 heterocycles. The zero-order valence-corrected chi connectivity index (χ0v) is 12.9. The standard InChI is InChI=1S/C14H20ClNO2S/c1-10(5-6-19(2)17)16-9-13-8-11-7-12(15)3-4-14(11)18-13/h3-4,7,10,13,16H,5-6,8-9H2,1-2H3. The molecule has 19 heavy (non-hydrogen) atoms. The number of fused-ring (bicyclic) bond motifs is 1. The molecule has 0 aliphatic carbocycles. The zero-order chi connectivity index (χ0) is 13.8. The molecule has 0 saturated carbocycles. The molecule has 106 valence electrons. The van der Waals surface area contributed by atoms with Crippen LogP contribution in [0.5, 0.6) is 5.75 Å². The summed E-state index contributed by atoms with van der Waals surface area (Å²) in [6.45, 7) is 2.93. The van der Waals surface area contributed by atoms with E-state index in [2.05, 4.69) is 12.2 Å². The van der Waals surface area contributed by atoms with E-state index in [4.69, 9.17) is 16.3 Å². The highest BCUT2D eigenvalue weighted by Gasteiger charge is 2.23. The van der Waals surface area contributed by atoms with Crippen LogP contribution in [-0.4, -0.2) is 34.9 Å². The first-order chi connectivity index (χ1) is 9.04. The predicted octanol–water partition coefficient (Wildman–Crippen LogP) is 2.39. The van der Waals surface area contributed by atoms with Crippen LogP contribution in [0.25, 0.3) is 0 Å². The molecule has 0 spiro atoms. The SMILES string of the molecule is CC(CCS(C)=O)NCC1Cc2cc(Cl)ccc2O1. The van der Waals surface area contributed by atoms with Gasteiger partial charge in [0.1, 0.15) is 11.9 Å². The first-order valence-corrected chi connectivity index (χ1v) is 8.63. The summed E-state index contributed by atoms with van der Waals surface area (Å²) in [6, 6.07) is 6.12. The second-order valence-electron chi connectivity index (χ2n) is 5.07. The molecule has 3 atom stereocenters. The first-order valence-electron chi connectivity index (χ1n) is 6.53. The largest absolute Gasteiger partial charge is 0.488 e. The minimum absolute atomic E-state index is 0.169. The smallest absolute Gasteiger partial charge is 0.123 e. The van der Waals surface area contributed by atoms with Gasteiger partial charge in [-0.1, -0.05) is 11.6 Å². The summed E-state index contributed by atoms with van der Waals surface area (Å²) in [4.78, 5) is 0. The molecular weight excluding hydrogens is 282 g/mol. The van der Waals surface area contributed by atoms with Gasteiger partial charge in [0.25, 0.3) is 0 Å². The lowest BCUT2D eigenvalue weighted by molar-refractivity contribution is 0.222. The Morgan fingerprint density at radius 3 is 3.11 bits per heavy atom. The van der Waals surface area contributed by atoms with Crippen molar-refractivity contribution in [2.45, 2.75) is 31.9 Å². The molecule has 3 unspecified atom stereocenters. The van der Waals surface area contributed by atoms with Gasteiger partial charge in [-0.05, 0) is 37.1 Å². The van der Waals surface area contributed by atoms with E-state index in [0.717, 1.165) is 35.9 Å². The summed E-state index contributed by atoms with van der Waals surface area (Å²) in [6.07, 6.45) is 3.74. The van der Waals surface area contributed by atoms with Crippen molar-refractivity contribution >= 4 is 22.4 Å². The molecular formula is C14H20ClNO2S. The molecule has 1 aliphatic heterocycles. The number of hydrogen-bond acceptors (Lipinski definition) is 3. The van der Waals surface area contributed by atoms with Crippen molar-refractivity contribution in [1.82, 2.24) is 5.32 Å². The molecule has 1 aromatic carbocycles. The maximum Gasteiger partial charge on any atom is 0.123 e. The van der Waals surface area contributed by atoms with E-state index >= 15 is 0 Å². The molecule has 1 aromatic rings. The Bertz CT molecular complexity index is 467. The number of halogens is 1. The van der Waals surface area contributed by atoms with Crippen LogP contribution in [0, 0.1) is 0 Å². The molecule has 2 rings (SSSR count). The molecule has 0 radical (unpaired) electrons. The Labute approximate surface area is 122 Å². The second kappa shape index (κ2) is 6.73. The van der Waals surface area contributed by atoms with Crippen LogP contribution >= 0.6 is 11.6 Å². The summed E-state index contributed by atoms with van der Waals surface area (Å²) < 4.78 is 16.9. The van der Waals surface area contributed by atoms with Crippen molar-refractivity contribution in [3.05, 3.63) is 28.8 Å². The van der Waals surface area contributed by atoms with Crippen LogP contribution in [0.15, 0.2) is 18.2 Å². The van der Waals surface area contributed by atoms with Crippen LogP contribution in [0.4, 0.5) is 0 Å². The number of nitrogens with one attached hydrogen (secondary N) is 1. The van der Waals surface area contributed by atoms with Crippen molar-refractivity contribution in [3.8, 4) is 5.75 Å². The molecule has 3 nitrogen and oxygen atoms in total. The van der Waals surface area contributed by atoms with Gasteiger partial charge in [-0.2, -0.15) is 0 Å². The van der Waals surface area contributed by atoms with Gasteiger partial charge in [0, 0.05) is 46.8 Å². The molecule has 1 N–H and O–H groups in total.